The van der Waals surface area contributed by atoms with E-state index in [1.54, 1.807) is 6.92 Å². The molecule has 0 saturated carbocycles. The summed E-state index contributed by atoms with van der Waals surface area (Å²) < 4.78 is 10.1. The third-order valence-electron chi connectivity index (χ3n) is 3.52. The summed E-state index contributed by atoms with van der Waals surface area (Å²) in [5.74, 6) is -0.127. The molecule has 1 rings (SSSR count). The van der Waals surface area contributed by atoms with E-state index < -0.39 is 9.85 Å². The SMILES string of the molecule is COCc1c(C(C)C)cc([N+](=O)[O-])c(NC(C)COC)c1[N+](=O)[O-]. The van der Waals surface area contributed by atoms with Crippen molar-refractivity contribution in [3.05, 3.63) is 37.4 Å². The monoisotopic (exact) mass is 341 g/mol. The number of nitro groups is 2. The summed E-state index contributed by atoms with van der Waals surface area (Å²) in [5.41, 5.74) is 0.104. The van der Waals surface area contributed by atoms with Gasteiger partial charge in [-0.05, 0) is 18.4 Å². The molecule has 134 valence electrons. The number of nitrogens with one attached hydrogen (secondary N) is 1. The van der Waals surface area contributed by atoms with Crippen LogP contribution in [0.5, 0.6) is 0 Å². The summed E-state index contributed by atoms with van der Waals surface area (Å²) in [6.45, 7) is 5.61. The van der Waals surface area contributed by atoms with Gasteiger partial charge in [0.15, 0.2) is 5.69 Å². The van der Waals surface area contributed by atoms with Crippen molar-refractivity contribution in [2.75, 3.05) is 26.1 Å². The number of rotatable bonds is 9. The number of methoxy groups -OCH3 is 2. The lowest BCUT2D eigenvalue weighted by atomic mass is 9.94. The average molecular weight is 341 g/mol. The van der Waals surface area contributed by atoms with E-state index in [1.165, 1.54) is 20.3 Å². The van der Waals surface area contributed by atoms with Gasteiger partial charge in [0.25, 0.3) is 5.69 Å². The Morgan fingerprint density at radius 3 is 2.17 bits per heavy atom. The fourth-order valence-corrected chi connectivity index (χ4v) is 2.55. The Morgan fingerprint density at radius 2 is 1.75 bits per heavy atom. The van der Waals surface area contributed by atoms with Crippen LogP contribution >= 0.6 is 0 Å². The second-order valence-corrected chi connectivity index (χ2v) is 5.79. The van der Waals surface area contributed by atoms with Crippen molar-refractivity contribution < 1.29 is 19.3 Å². The molecule has 24 heavy (non-hydrogen) atoms. The van der Waals surface area contributed by atoms with E-state index in [4.69, 9.17) is 9.47 Å². The van der Waals surface area contributed by atoms with Crippen LogP contribution in [0.1, 0.15) is 37.8 Å². The smallest absolute Gasteiger partial charge is 0.305 e. The Morgan fingerprint density at radius 1 is 1.12 bits per heavy atom. The first kappa shape index (κ1) is 19.8. The maximum Gasteiger partial charge on any atom is 0.305 e. The molecule has 0 radical (unpaired) electrons. The largest absolute Gasteiger partial charge is 0.383 e. The molecule has 1 unspecified atom stereocenters. The van der Waals surface area contributed by atoms with E-state index in [2.05, 4.69) is 5.32 Å². The number of benzene rings is 1. The number of nitrogens with zero attached hydrogens (tertiary/aromatic N) is 2. The van der Waals surface area contributed by atoms with Crippen LogP contribution in [0.15, 0.2) is 6.07 Å². The molecule has 1 N–H and O–H groups in total. The third-order valence-corrected chi connectivity index (χ3v) is 3.52. The molecule has 0 spiro atoms. The highest BCUT2D eigenvalue weighted by atomic mass is 16.6. The van der Waals surface area contributed by atoms with E-state index in [9.17, 15) is 20.2 Å². The third kappa shape index (κ3) is 4.39. The highest BCUT2D eigenvalue weighted by Crippen LogP contribution is 2.42. The molecule has 0 aromatic heterocycles. The van der Waals surface area contributed by atoms with Crippen LogP contribution < -0.4 is 5.32 Å². The summed E-state index contributed by atoms with van der Waals surface area (Å²) in [4.78, 5) is 21.9. The van der Waals surface area contributed by atoms with E-state index in [-0.39, 0.29) is 42.2 Å². The van der Waals surface area contributed by atoms with Gasteiger partial charge in [-0.15, -0.1) is 0 Å². The molecule has 1 aromatic rings. The maximum atomic E-state index is 11.7. The van der Waals surface area contributed by atoms with Gasteiger partial charge in [-0.2, -0.15) is 0 Å². The highest BCUT2D eigenvalue weighted by Gasteiger charge is 2.33. The molecule has 0 fully saturated rings. The number of nitro benzene ring substituents is 2. The lowest BCUT2D eigenvalue weighted by Crippen LogP contribution is -2.23. The normalized spacial score (nSPS) is 12.2. The van der Waals surface area contributed by atoms with Crippen molar-refractivity contribution >= 4 is 17.1 Å². The minimum atomic E-state index is -0.614. The van der Waals surface area contributed by atoms with E-state index in [0.29, 0.717) is 11.1 Å². The summed E-state index contributed by atoms with van der Waals surface area (Å²) in [5, 5.41) is 26.0. The minimum Gasteiger partial charge on any atom is -0.383 e. The lowest BCUT2D eigenvalue weighted by molar-refractivity contribution is -0.393. The molecular formula is C15H23N3O6. The summed E-state index contributed by atoms with van der Waals surface area (Å²) in [6.07, 6.45) is 0. The molecule has 0 aliphatic carbocycles. The standard InChI is InChI=1S/C15H23N3O6/c1-9(2)11-6-13(17(19)20)14(16-10(3)7-23-4)15(18(21)22)12(11)8-24-5/h6,9-10,16H,7-8H2,1-5H3. The molecule has 1 aromatic carbocycles. The summed E-state index contributed by atoms with van der Waals surface area (Å²) >= 11 is 0. The molecule has 0 heterocycles. The van der Waals surface area contributed by atoms with Gasteiger partial charge in [-0.1, -0.05) is 13.8 Å². The first-order chi connectivity index (χ1) is 11.2. The van der Waals surface area contributed by atoms with Gasteiger partial charge in [-0.25, -0.2) is 0 Å². The van der Waals surface area contributed by atoms with Crippen molar-refractivity contribution in [1.29, 1.82) is 0 Å². The number of ether oxygens (including phenoxy) is 2. The second kappa shape index (κ2) is 8.55. The van der Waals surface area contributed by atoms with Crippen LogP contribution in [-0.4, -0.2) is 36.7 Å². The van der Waals surface area contributed by atoms with Crippen LogP contribution in [0.3, 0.4) is 0 Å². The second-order valence-electron chi connectivity index (χ2n) is 5.79. The molecule has 0 aliphatic rings. The van der Waals surface area contributed by atoms with Crippen LogP contribution in [0.2, 0.25) is 0 Å². The number of hydrogen-bond acceptors (Lipinski definition) is 7. The Hall–Kier alpha value is -2.26. The molecule has 1 atom stereocenters. The predicted octanol–water partition coefficient (Wildman–Crippen LogP) is 3.22. The van der Waals surface area contributed by atoms with E-state index >= 15 is 0 Å². The van der Waals surface area contributed by atoms with E-state index in [1.807, 2.05) is 13.8 Å². The van der Waals surface area contributed by atoms with Crippen LogP contribution in [0.25, 0.3) is 0 Å². The average Bonchev–Trinajstić information content (AvgIpc) is 2.46. The summed E-state index contributed by atoms with van der Waals surface area (Å²) in [7, 11) is 2.91. The number of hydrogen-bond donors (Lipinski definition) is 1. The lowest BCUT2D eigenvalue weighted by Gasteiger charge is -2.19. The first-order valence-corrected chi connectivity index (χ1v) is 7.47. The Labute approximate surface area is 140 Å². The van der Waals surface area contributed by atoms with Gasteiger partial charge in [-0.3, -0.25) is 20.2 Å². The van der Waals surface area contributed by atoms with Gasteiger partial charge < -0.3 is 14.8 Å². The van der Waals surface area contributed by atoms with E-state index in [0.717, 1.165) is 0 Å². The van der Waals surface area contributed by atoms with Gasteiger partial charge in [0, 0.05) is 26.3 Å². The predicted molar refractivity (Wildman–Crippen MR) is 89.5 cm³/mol. The molecule has 0 bridgehead atoms. The van der Waals surface area contributed by atoms with Crippen LogP contribution in [0.4, 0.5) is 17.1 Å². The zero-order chi connectivity index (χ0) is 18.4. The first-order valence-electron chi connectivity index (χ1n) is 7.47. The summed E-state index contributed by atoms with van der Waals surface area (Å²) in [6, 6.07) is 1.04. The topological polar surface area (TPSA) is 117 Å². The quantitative estimate of drug-likeness (QED) is 0.541. The minimum absolute atomic E-state index is 0.00480. The Kier molecular flexibility index (Phi) is 7.05. The molecule has 0 saturated heterocycles. The molecule has 9 heteroatoms. The Bertz CT molecular complexity index is 618. The molecule has 0 aliphatic heterocycles. The van der Waals surface area contributed by atoms with Crippen molar-refractivity contribution in [3.8, 4) is 0 Å². The fraction of sp³-hybridized carbons (Fsp3) is 0.600. The maximum absolute atomic E-state index is 11.7. The molecular weight excluding hydrogens is 318 g/mol. The van der Waals surface area contributed by atoms with Crippen molar-refractivity contribution in [3.63, 3.8) is 0 Å². The van der Waals surface area contributed by atoms with Crippen LogP contribution in [0, 0.1) is 20.2 Å². The zero-order valence-corrected chi connectivity index (χ0v) is 14.5. The van der Waals surface area contributed by atoms with Gasteiger partial charge in [0.1, 0.15) is 0 Å². The Balaban J connectivity index is 3.70. The fourth-order valence-electron chi connectivity index (χ4n) is 2.55. The van der Waals surface area contributed by atoms with Crippen molar-refractivity contribution in [2.24, 2.45) is 0 Å². The van der Waals surface area contributed by atoms with Crippen molar-refractivity contribution in [2.45, 2.75) is 39.3 Å². The van der Waals surface area contributed by atoms with Gasteiger partial charge >= 0.3 is 5.69 Å². The van der Waals surface area contributed by atoms with Gasteiger partial charge in [0.2, 0.25) is 0 Å². The van der Waals surface area contributed by atoms with Gasteiger partial charge in [0.05, 0.1) is 28.6 Å². The highest BCUT2D eigenvalue weighted by molar-refractivity contribution is 5.78. The zero-order valence-electron chi connectivity index (χ0n) is 14.5. The molecule has 0 amide bonds. The molecule has 9 nitrogen and oxygen atoms in total. The number of anilines is 1. The van der Waals surface area contributed by atoms with Crippen LogP contribution in [-0.2, 0) is 16.1 Å². The van der Waals surface area contributed by atoms with Crippen molar-refractivity contribution in [1.82, 2.24) is 0 Å².